The monoisotopic (exact) mass is 398 g/mol. The molecular weight excluding hydrogens is 358 g/mol. The molecule has 3 saturated carbocycles. The molecule has 8 atom stereocenters. The molecule has 4 aliphatic rings. The molecule has 0 radical (unpaired) electrons. The minimum absolute atomic E-state index is 0. The van der Waals surface area contributed by atoms with Gasteiger partial charge in [-0.05, 0) is 86.4 Å². The Balaban J connectivity index is 0.00000140. The summed E-state index contributed by atoms with van der Waals surface area (Å²) in [5.74, 6) is 2.65. The molecule has 0 aliphatic heterocycles. The second kappa shape index (κ2) is 8.77. The van der Waals surface area contributed by atoms with Gasteiger partial charge in [0.25, 0.3) is 0 Å². The maximum Gasteiger partial charge on any atom is 1.00 e. The number of fused-ring (bicyclic) bond motifs is 5. The fourth-order valence-corrected chi connectivity index (χ4v) is 7.80. The molecule has 0 aromatic heterocycles. The minimum Gasteiger partial charge on any atom is -0.462 e. The van der Waals surface area contributed by atoms with E-state index in [0.29, 0.717) is 16.7 Å². The van der Waals surface area contributed by atoms with Gasteiger partial charge in [-0.15, -0.1) is 0 Å². The third-order valence-corrected chi connectivity index (χ3v) is 9.05. The number of carbonyl (C=O) groups is 1. The van der Waals surface area contributed by atoms with Gasteiger partial charge < -0.3 is 9.84 Å². The summed E-state index contributed by atoms with van der Waals surface area (Å²) in [5.41, 5.74) is 2.18. The van der Waals surface area contributed by atoms with E-state index >= 15 is 0 Å². The number of hydrogen-bond acceptors (Lipinski definition) is 3. The summed E-state index contributed by atoms with van der Waals surface area (Å²) in [6.07, 6.45) is 11.8. The number of ether oxygens (including phenoxy) is 1. The smallest absolute Gasteiger partial charge is 0.462 e. The van der Waals surface area contributed by atoms with Crippen molar-refractivity contribution in [1.82, 2.24) is 0 Å². The van der Waals surface area contributed by atoms with Gasteiger partial charge in [0.2, 0.25) is 0 Å². The van der Waals surface area contributed by atoms with Crippen molar-refractivity contribution in [2.45, 2.75) is 91.3 Å². The van der Waals surface area contributed by atoms with Crippen LogP contribution in [0.4, 0.5) is 0 Å². The molecule has 5 heteroatoms. The predicted octanol–water partition coefficient (Wildman–Crippen LogP) is 0.430. The number of carbonyl (C=O) groups excluding carboxylic acids is 1. The summed E-state index contributed by atoms with van der Waals surface area (Å²) in [5, 5.41) is 10.3. The van der Waals surface area contributed by atoms with E-state index in [1.165, 1.54) is 39.0 Å². The Hall–Kier alpha value is 0.235. The molecular formula is C23H40BNaO3. The van der Waals surface area contributed by atoms with E-state index in [0.717, 1.165) is 37.0 Å². The van der Waals surface area contributed by atoms with Gasteiger partial charge in [-0.25, -0.2) is 0 Å². The minimum atomic E-state index is -0.175. The zero-order valence-electron chi connectivity index (χ0n) is 18.0. The Morgan fingerprint density at radius 1 is 1.18 bits per heavy atom. The van der Waals surface area contributed by atoms with Crippen molar-refractivity contribution in [1.29, 1.82) is 0 Å². The summed E-state index contributed by atoms with van der Waals surface area (Å²) in [7, 11) is 0. The second-order valence-electron chi connectivity index (χ2n) is 10.2. The molecule has 0 aromatic carbocycles. The first kappa shape index (κ1) is 24.5. The largest absolute Gasteiger partial charge is 1.00 e. The first-order valence-electron chi connectivity index (χ1n) is 10.8. The van der Waals surface area contributed by atoms with Crippen molar-refractivity contribution in [3.63, 3.8) is 0 Å². The zero-order chi connectivity index (χ0) is 18.7. The first-order chi connectivity index (χ1) is 12.3. The third kappa shape index (κ3) is 3.81. The van der Waals surface area contributed by atoms with Crippen LogP contribution in [0.3, 0.4) is 0 Å². The van der Waals surface area contributed by atoms with Crippen molar-refractivity contribution in [2.75, 3.05) is 0 Å². The summed E-state index contributed by atoms with van der Waals surface area (Å²) in [6, 6.07) is 0. The molecule has 1 N–H and O–H groups in total. The fourth-order valence-electron chi connectivity index (χ4n) is 7.80. The van der Waals surface area contributed by atoms with Gasteiger partial charge >= 0.3 is 35.5 Å². The molecule has 3 nitrogen and oxygen atoms in total. The quantitative estimate of drug-likeness (QED) is 0.417. The van der Waals surface area contributed by atoms with E-state index < -0.39 is 0 Å². The number of aliphatic hydroxyl groups excluding tert-OH is 1. The molecule has 0 spiro atoms. The summed E-state index contributed by atoms with van der Waals surface area (Å²) >= 11 is 0. The maximum atomic E-state index is 11.4. The van der Waals surface area contributed by atoms with Crippen LogP contribution in [-0.4, -0.2) is 31.7 Å². The van der Waals surface area contributed by atoms with Crippen LogP contribution in [0, 0.1) is 34.5 Å². The summed E-state index contributed by atoms with van der Waals surface area (Å²) in [6.45, 7) is 8.49. The molecule has 3 fully saturated rings. The van der Waals surface area contributed by atoms with E-state index in [4.69, 9.17) is 4.74 Å². The molecule has 0 bridgehead atoms. The summed E-state index contributed by atoms with van der Waals surface area (Å²) < 4.78 is 5.54. The van der Waals surface area contributed by atoms with Gasteiger partial charge in [-0.1, -0.05) is 33.9 Å². The van der Waals surface area contributed by atoms with Crippen LogP contribution in [0.5, 0.6) is 0 Å². The standard InChI is InChI=1S/C23H36O3.BH4.Na/c1-14(24)19-7-8-20-18-6-5-16-13-17(26-15(2)25)9-11-22(16,3)21(18)10-12-23(19,20)4;;/h5,14,17-21,24H,6-13H2,1-4H3;1H4;/q;-1;+1/t14?,17?,18-,19-,20?,21-,22+,23-;;/m1../s1. The Labute approximate surface area is 195 Å². The molecule has 28 heavy (non-hydrogen) atoms. The van der Waals surface area contributed by atoms with Gasteiger partial charge in [-0.3, -0.25) is 4.79 Å². The van der Waals surface area contributed by atoms with Gasteiger partial charge in [0.15, 0.2) is 0 Å². The average Bonchev–Trinajstić information content (AvgIpc) is 2.92. The van der Waals surface area contributed by atoms with Crippen LogP contribution in [0.1, 0.15) is 79.1 Å². The Morgan fingerprint density at radius 2 is 1.89 bits per heavy atom. The van der Waals surface area contributed by atoms with Crippen molar-refractivity contribution < 1.29 is 44.2 Å². The van der Waals surface area contributed by atoms with Crippen LogP contribution >= 0.6 is 0 Å². The maximum absolute atomic E-state index is 11.4. The van der Waals surface area contributed by atoms with Gasteiger partial charge in [-0.2, -0.15) is 0 Å². The molecule has 0 amide bonds. The Bertz CT molecular complexity index is 621. The van der Waals surface area contributed by atoms with Crippen molar-refractivity contribution in [2.24, 2.45) is 34.5 Å². The topological polar surface area (TPSA) is 46.5 Å². The molecule has 154 valence electrons. The van der Waals surface area contributed by atoms with E-state index in [1.807, 2.05) is 6.92 Å². The van der Waals surface area contributed by atoms with Crippen molar-refractivity contribution in [3.05, 3.63) is 11.6 Å². The third-order valence-electron chi connectivity index (χ3n) is 9.05. The Kier molecular flexibility index (Phi) is 7.67. The molecule has 0 aromatic rings. The Morgan fingerprint density at radius 3 is 2.54 bits per heavy atom. The normalized spacial score (nSPS) is 45.2. The first-order valence-corrected chi connectivity index (χ1v) is 10.8. The number of esters is 1. The number of hydrogen-bond donors (Lipinski definition) is 1. The van der Waals surface area contributed by atoms with Gasteiger partial charge in [0, 0.05) is 13.3 Å². The van der Waals surface area contributed by atoms with Crippen molar-refractivity contribution in [3.8, 4) is 0 Å². The second-order valence-corrected chi connectivity index (χ2v) is 10.2. The van der Waals surface area contributed by atoms with E-state index in [2.05, 4.69) is 19.9 Å². The van der Waals surface area contributed by atoms with Crippen LogP contribution in [0.25, 0.3) is 0 Å². The van der Waals surface area contributed by atoms with Crippen molar-refractivity contribution >= 4 is 14.4 Å². The average molecular weight is 398 g/mol. The predicted molar refractivity (Wildman–Crippen MR) is 114 cm³/mol. The number of rotatable bonds is 2. The zero-order valence-corrected chi connectivity index (χ0v) is 20.0. The van der Waals surface area contributed by atoms with Gasteiger partial charge in [0.1, 0.15) is 6.10 Å². The fraction of sp³-hybridized carbons (Fsp3) is 0.870. The SMILES string of the molecule is CC(=O)OC1CC[C@@]2(C)C(=CC[C@@H]3C4CC[C@H](C(C)O)[C@@]4(C)CC[C@H]32)C1.[BH4-].[Na+]. The van der Waals surface area contributed by atoms with E-state index in [1.54, 1.807) is 5.57 Å². The van der Waals surface area contributed by atoms with Gasteiger partial charge in [0.05, 0.1) is 6.10 Å². The van der Waals surface area contributed by atoms with Crippen LogP contribution in [-0.2, 0) is 9.53 Å². The molecule has 0 heterocycles. The van der Waals surface area contributed by atoms with E-state index in [-0.39, 0.29) is 56.1 Å². The number of allylic oxidation sites excluding steroid dienone is 1. The molecule has 4 rings (SSSR count). The van der Waals surface area contributed by atoms with Crippen LogP contribution in [0.2, 0.25) is 0 Å². The van der Waals surface area contributed by atoms with Crippen LogP contribution in [0.15, 0.2) is 11.6 Å². The number of aliphatic hydroxyl groups is 1. The summed E-state index contributed by atoms with van der Waals surface area (Å²) in [4.78, 5) is 11.4. The van der Waals surface area contributed by atoms with Crippen LogP contribution < -0.4 is 29.6 Å². The molecule has 3 unspecified atom stereocenters. The molecule has 4 aliphatic carbocycles. The molecule has 0 saturated heterocycles. The van der Waals surface area contributed by atoms with E-state index in [9.17, 15) is 9.90 Å².